The van der Waals surface area contributed by atoms with E-state index >= 15 is 0 Å². The molecule has 0 aliphatic heterocycles. The van der Waals surface area contributed by atoms with Crippen LogP contribution in [0.5, 0.6) is 5.75 Å². The Morgan fingerprint density at radius 2 is 1.56 bits per heavy atom. The summed E-state index contributed by atoms with van der Waals surface area (Å²) in [6.07, 6.45) is -0.506. The highest BCUT2D eigenvalue weighted by atomic mass is 127. The zero-order valence-electron chi connectivity index (χ0n) is 14.0. The normalized spacial score (nSPS) is 10.4. The van der Waals surface area contributed by atoms with Crippen LogP contribution >= 0.6 is 24.0 Å². The van der Waals surface area contributed by atoms with Gasteiger partial charge in [0.25, 0.3) is 0 Å². The summed E-state index contributed by atoms with van der Waals surface area (Å²) in [5, 5.41) is 5.59. The molecule has 0 saturated carbocycles. The predicted molar refractivity (Wildman–Crippen MR) is 110 cm³/mol. The molecule has 0 unspecified atom stereocenters. The molecule has 0 aliphatic carbocycles. The van der Waals surface area contributed by atoms with Gasteiger partial charge in [0.05, 0.1) is 20.8 Å². The number of methoxy groups -OCH3 is 2. The third kappa shape index (κ3) is 6.87. The molecule has 0 aliphatic rings. The van der Waals surface area contributed by atoms with Crippen molar-refractivity contribution in [3.8, 4) is 5.75 Å². The van der Waals surface area contributed by atoms with Crippen LogP contribution in [0.15, 0.2) is 53.5 Å². The molecule has 0 atom stereocenters. The van der Waals surface area contributed by atoms with Crippen molar-refractivity contribution in [2.45, 2.75) is 6.54 Å². The van der Waals surface area contributed by atoms with E-state index < -0.39 is 6.09 Å². The lowest BCUT2D eigenvalue weighted by Gasteiger charge is -2.07. The van der Waals surface area contributed by atoms with E-state index in [4.69, 9.17) is 10.5 Å². The Morgan fingerprint density at radius 1 is 1.00 bits per heavy atom. The third-order valence-corrected chi connectivity index (χ3v) is 3.18. The van der Waals surface area contributed by atoms with Crippen LogP contribution in [-0.4, -0.2) is 26.3 Å². The quantitative estimate of drug-likeness (QED) is 0.364. The van der Waals surface area contributed by atoms with Gasteiger partial charge in [-0.15, -0.1) is 24.0 Å². The number of hydrogen-bond donors (Lipinski definition) is 3. The number of aliphatic imine (C=N–C) groups is 1. The average Bonchev–Trinajstić information content (AvgIpc) is 2.61. The van der Waals surface area contributed by atoms with Crippen molar-refractivity contribution in [1.82, 2.24) is 0 Å². The molecular formula is C17H21IN4O3. The number of benzene rings is 2. The summed E-state index contributed by atoms with van der Waals surface area (Å²) in [4.78, 5) is 15.4. The van der Waals surface area contributed by atoms with E-state index in [1.165, 1.54) is 7.11 Å². The fourth-order valence-corrected chi connectivity index (χ4v) is 1.90. The Morgan fingerprint density at radius 3 is 2.12 bits per heavy atom. The summed E-state index contributed by atoms with van der Waals surface area (Å²) >= 11 is 0. The summed E-state index contributed by atoms with van der Waals surface area (Å²) in [7, 11) is 2.93. The smallest absolute Gasteiger partial charge is 0.411 e. The predicted octanol–water partition coefficient (Wildman–Crippen LogP) is 3.42. The monoisotopic (exact) mass is 456 g/mol. The first-order valence-electron chi connectivity index (χ1n) is 7.25. The number of nitrogens with two attached hydrogens (primary N) is 1. The minimum atomic E-state index is -0.506. The van der Waals surface area contributed by atoms with E-state index in [9.17, 15) is 4.79 Å². The summed E-state index contributed by atoms with van der Waals surface area (Å²) in [6.45, 7) is 0.424. The molecule has 1 amide bonds. The van der Waals surface area contributed by atoms with E-state index in [-0.39, 0.29) is 24.0 Å². The van der Waals surface area contributed by atoms with Gasteiger partial charge in [-0.3, -0.25) is 5.32 Å². The SMILES string of the molecule is COC(=O)Nc1ccc(CN=C(N)Nc2ccc(OC)cc2)cc1.I. The van der Waals surface area contributed by atoms with E-state index in [2.05, 4.69) is 20.4 Å². The molecule has 0 aromatic heterocycles. The number of carbonyl (C=O) groups excluding carboxylic acids is 1. The number of guanidine groups is 1. The molecule has 25 heavy (non-hydrogen) atoms. The van der Waals surface area contributed by atoms with Crippen molar-refractivity contribution < 1.29 is 14.3 Å². The van der Waals surface area contributed by atoms with Crippen molar-refractivity contribution >= 4 is 47.4 Å². The van der Waals surface area contributed by atoms with Gasteiger partial charge in [0.2, 0.25) is 0 Å². The maximum atomic E-state index is 11.1. The van der Waals surface area contributed by atoms with E-state index in [0.29, 0.717) is 18.2 Å². The van der Waals surface area contributed by atoms with Crippen molar-refractivity contribution in [3.63, 3.8) is 0 Å². The highest BCUT2D eigenvalue weighted by Gasteiger charge is 2.01. The molecule has 134 valence electrons. The Kier molecular flexibility index (Phi) is 8.54. The number of amides is 1. The molecule has 2 aromatic rings. The van der Waals surface area contributed by atoms with E-state index in [1.54, 1.807) is 19.2 Å². The van der Waals surface area contributed by atoms with Gasteiger partial charge in [0.1, 0.15) is 5.75 Å². The van der Waals surface area contributed by atoms with Gasteiger partial charge in [-0.05, 0) is 42.0 Å². The topological polar surface area (TPSA) is 98.0 Å². The summed E-state index contributed by atoms with van der Waals surface area (Å²) in [5.41, 5.74) is 8.32. The first-order chi connectivity index (χ1) is 11.6. The lowest BCUT2D eigenvalue weighted by atomic mass is 10.2. The standard InChI is InChI=1S/C17H20N4O3.HI/c1-23-15-9-7-13(8-10-15)20-16(18)19-11-12-3-5-14(6-4-12)21-17(22)24-2;/h3-10H,11H2,1-2H3,(H,21,22)(H3,18,19,20);1H. The van der Waals surface area contributed by atoms with Crippen LogP contribution in [0, 0.1) is 0 Å². The van der Waals surface area contributed by atoms with Gasteiger partial charge in [-0.2, -0.15) is 0 Å². The second kappa shape index (κ2) is 10.4. The van der Waals surface area contributed by atoms with Gasteiger partial charge in [-0.1, -0.05) is 12.1 Å². The van der Waals surface area contributed by atoms with Crippen molar-refractivity contribution in [2.24, 2.45) is 10.7 Å². The first kappa shape index (κ1) is 20.6. The van der Waals surface area contributed by atoms with Crippen molar-refractivity contribution in [1.29, 1.82) is 0 Å². The summed E-state index contributed by atoms with van der Waals surface area (Å²) < 4.78 is 9.63. The number of hydrogen-bond acceptors (Lipinski definition) is 4. The maximum absolute atomic E-state index is 11.1. The molecule has 0 spiro atoms. The lowest BCUT2D eigenvalue weighted by Crippen LogP contribution is -2.22. The lowest BCUT2D eigenvalue weighted by molar-refractivity contribution is 0.187. The molecule has 8 heteroatoms. The van der Waals surface area contributed by atoms with Crippen LogP contribution in [0.1, 0.15) is 5.56 Å². The van der Waals surface area contributed by atoms with E-state index in [1.807, 2.05) is 36.4 Å². The second-order valence-electron chi connectivity index (χ2n) is 4.87. The number of rotatable bonds is 5. The molecule has 0 heterocycles. The maximum Gasteiger partial charge on any atom is 0.411 e. The number of carbonyl (C=O) groups is 1. The molecule has 7 nitrogen and oxygen atoms in total. The molecule has 2 aromatic carbocycles. The molecule has 0 saturated heterocycles. The van der Waals surface area contributed by atoms with Crippen LogP contribution in [-0.2, 0) is 11.3 Å². The number of ether oxygens (including phenoxy) is 2. The molecule has 0 bridgehead atoms. The van der Waals surface area contributed by atoms with Crippen molar-refractivity contribution in [2.75, 3.05) is 24.9 Å². The van der Waals surface area contributed by atoms with Gasteiger partial charge in [0, 0.05) is 11.4 Å². The fraction of sp³-hybridized carbons (Fsp3) is 0.176. The zero-order chi connectivity index (χ0) is 17.4. The van der Waals surface area contributed by atoms with Crippen molar-refractivity contribution in [3.05, 3.63) is 54.1 Å². The number of nitrogens with one attached hydrogen (secondary N) is 2. The summed E-state index contributed by atoms with van der Waals surface area (Å²) in [6, 6.07) is 14.6. The highest BCUT2D eigenvalue weighted by Crippen LogP contribution is 2.15. The Balaban J connectivity index is 0.00000312. The second-order valence-corrected chi connectivity index (χ2v) is 4.87. The first-order valence-corrected chi connectivity index (χ1v) is 7.25. The van der Waals surface area contributed by atoms with Gasteiger partial charge < -0.3 is 20.5 Å². The van der Waals surface area contributed by atoms with Gasteiger partial charge in [0.15, 0.2) is 5.96 Å². The van der Waals surface area contributed by atoms with Gasteiger partial charge >= 0.3 is 6.09 Å². The number of nitrogens with zero attached hydrogens (tertiary/aromatic N) is 1. The Labute approximate surface area is 163 Å². The number of anilines is 2. The fourth-order valence-electron chi connectivity index (χ4n) is 1.90. The Hall–Kier alpha value is -2.49. The van der Waals surface area contributed by atoms with Gasteiger partial charge in [-0.25, -0.2) is 9.79 Å². The van der Waals surface area contributed by atoms with Crippen LogP contribution in [0.4, 0.5) is 16.2 Å². The molecular weight excluding hydrogens is 435 g/mol. The summed E-state index contributed by atoms with van der Waals surface area (Å²) in [5.74, 6) is 1.09. The molecule has 0 radical (unpaired) electrons. The minimum absolute atomic E-state index is 0. The van der Waals surface area contributed by atoms with Crippen LogP contribution < -0.4 is 21.1 Å². The van der Waals surface area contributed by atoms with Crippen LogP contribution in [0.2, 0.25) is 0 Å². The highest BCUT2D eigenvalue weighted by molar-refractivity contribution is 14.0. The zero-order valence-corrected chi connectivity index (χ0v) is 16.3. The van der Waals surface area contributed by atoms with E-state index in [0.717, 1.165) is 17.0 Å². The number of halogens is 1. The largest absolute Gasteiger partial charge is 0.497 e. The average molecular weight is 456 g/mol. The Bertz CT molecular complexity index is 703. The third-order valence-electron chi connectivity index (χ3n) is 3.18. The molecule has 0 fully saturated rings. The van der Waals surface area contributed by atoms with Crippen LogP contribution in [0.25, 0.3) is 0 Å². The minimum Gasteiger partial charge on any atom is -0.497 e. The van der Waals surface area contributed by atoms with Crippen LogP contribution in [0.3, 0.4) is 0 Å². The molecule has 2 rings (SSSR count). The molecule has 4 N–H and O–H groups in total.